The predicted molar refractivity (Wildman–Crippen MR) is 110 cm³/mol. The molecule has 31 heavy (non-hydrogen) atoms. The third-order valence-electron chi connectivity index (χ3n) is 5.00. The molecule has 0 amide bonds. The van der Waals surface area contributed by atoms with Crippen molar-refractivity contribution < 1.29 is 21.6 Å². The molecule has 0 aliphatic heterocycles. The molecule has 0 aromatic carbocycles. The second-order valence-corrected chi connectivity index (χ2v) is 9.40. The molecule has 0 unspecified atom stereocenters. The summed E-state index contributed by atoms with van der Waals surface area (Å²) in [5, 5.41) is -0.182. The van der Waals surface area contributed by atoms with E-state index in [0.29, 0.717) is 11.3 Å². The summed E-state index contributed by atoms with van der Waals surface area (Å²) < 4.78 is 68.1. The maximum Gasteiger partial charge on any atom is 0.417 e. The van der Waals surface area contributed by atoms with Crippen LogP contribution in [0.15, 0.2) is 35.6 Å². The monoisotopic (exact) mass is 452 g/mol. The number of halogens is 3. The first kappa shape index (κ1) is 21.1. The molecule has 4 heterocycles. The van der Waals surface area contributed by atoms with Crippen LogP contribution >= 0.6 is 0 Å². The molecule has 0 aliphatic rings. The quantitative estimate of drug-likeness (QED) is 0.473. The van der Waals surface area contributed by atoms with E-state index in [-0.39, 0.29) is 33.5 Å². The number of pyridine rings is 2. The topological polar surface area (TPSA) is 85.4 Å². The fraction of sp³-hybridized carbons (Fsp3) is 0.316. The van der Waals surface area contributed by atoms with Crippen LogP contribution in [0.4, 0.5) is 18.9 Å². The Hall–Kier alpha value is -3.15. The van der Waals surface area contributed by atoms with Crippen LogP contribution in [-0.2, 0) is 23.1 Å². The van der Waals surface area contributed by atoms with E-state index < -0.39 is 21.6 Å². The minimum Gasteiger partial charge on any atom is -0.375 e. The van der Waals surface area contributed by atoms with Crippen molar-refractivity contribution in [2.45, 2.75) is 18.1 Å². The standard InChI is InChI=1S/C19H19F3N6O2S/c1-5-31(29,30)18-14(28-8-6-7-13(26(2)3)16(28)25-18)17-24-12-9-11(19(20,21)22)10-23-15(12)27(17)4/h6-10H,5H2,1-4H3. The van der Waals surface area contributed by atoms with Gasteiger partial charge in [-0.25, -0.2) is 23.4 Å². The van der Waals surface area contributed by atoms with Gasteiger partial charge in [0, 0.05) is 33.5 Å². The molecule has 0 radical (unpaired) electrons. The van der Waals surface area contributed by atoms with Crippen molar-refractivity contribution in [3.63, 3.8) is 0 Å². The van der Waals surface area contributed by atoms with Crippen LogP contribution in [0.2, 0.25) is 0 Å². The van der Waals surface area contributed by atoms with Crippen LogP contribution in [0.25, 0.3) is 28.3 Å². The van der Waals surface area contributed by atoms with Gasteiger partial charge in [-0.3, -0.25) is 4.40 Å². The van der Waals surface area contributed by atoms with E-state index in [2.05, 4.69) is 15.0 Å². The highest BCUT2D eigenvalue weighted by molar-refractivity contribution is 7.91. The summed E-state index contributed by atoms with van der Waals surface area (Å²) in [5.74, 6) is -0.0426. The minimum absolute atomic E-state index is 0.00545. The number of imidazole rings is 2. The molecule has 4 aromatic rings. The largest absolute Gasteiger partial charge is 0.417 e. The van der Waals surface area contributed by atoms with Gasteiger partial charge >= 0.3 is 6.18 Å². The van der Waals surface area contributed by atoms with E-state index in [1.165, 1.54) is 11.5 Å². The van der Waals surface area contributed by atoms with E-state index in [9.17, 15) is 21.6 Å². The van der Waals surface area contributed by atoms with Crippen molar-refractivity contribution in [3.05, 3.63) is 36.2 Å². The molecule has 0 saturated carbocycles. The summed E-state index contributed by atoms with van der Waals surface area (Å²) in [6, 6.07) is 4.42. The van der Waals surface area contributed by atoms with Gasteiger partial charge in [-0.1, -0.05) is 6.92 Å². The number of fused-ring (bicyclic) bond motifs is 2. The van der Waals surface area contributed by atoms with Gasteiger partial charge in [-0.15, -0.1) is 0 Å². The highest BCUT2D eigenvalue weighted by Gasteiger charge is 2.33. The Kier molecular flexibility index (Phi) is 4.72. The molecular weight excluding hydrogens is 433 g/mol. The lowest BCUT2D eigenvalue weighted by atomic mass is 10.2. The van der Waals surface area contributed by atoms with Gasteiger partial charge in [0.25, 0.3) is 0 Å². The second kappa shape index (κ2) is 6.94. The first-order valence-corrected chi connectivity index (χ1v) is 10.9. The van der Waals surface area contributed by atoms with Crippen LogP contribution in [0.1, 0.15) is 12.5 Å². The molecule has 0 N–H and O–H groups in total. The number of aromatic nitrogens is 5. The highest BCUT2D eigenvalue weighted by Crippen LogP contribution is 2.35. The van der Waals surface area contributed by atoms with E-state index in [4.69, 9.17) is 0 Å². The molecule has 0 atom stereocenters. The van der Waals surface area contributed by atoms with Crippen LogP contribution in [0.3, 0.4) is 0 Å². The summed E-state index contributed by atoms with van der Waals surface area (Å²) in [4.78, 5) is 14.4. The molecule has 8 nitrogen and oxygen atoms in total. The third-order valence-corrected chi connectivity index (χ3v) is 6.64. The Balaban J connectivity index is 2.10. The van der Waals surface area contributed by atoms with Crippen LogP contribution in [0, 0.1) is 0 Å². The number of anilines is 1. The van der Waals surface area contributed by atoms with E-state index in [1.807, 2.05) is 0 Å². The zero-order chi connectivity index (χ0) is 22.7. The van der Waals surface area contributed by atoms with Gasteiger partial charge in [0.2, 0.25) is 0 Å². The van der Waals surface area contributed by atoms with Crippen molar-refractivity contribution in [2.75, 3.05) is 24.7 Å². The van der Waals surface area contributed by atoms with Gasteiger partial charge in [-0.2, -0.15) is 13.2 Å². The summed E-state index contributed by atoms with van der Waals surface area (Å²) in [6.07, 6.45) is -2.19. The average Bonchev–Trinajstić information content (AvgIpc) is 3.25. The smallest absolute Gasteiger partial charge is 0.375 e. The number of sulfone groups is 1. The Morgan fingerprint density at radius 1 is 1.16 bits per heavy atom. The van der Waals surface area contributed by atoms with Crippen molar-refractivity contribution in [1.29, 1.82) is 0 Å². The molecule has 0 fully saturated rings. The maximum atomic E-state index is 13.1. The zero-order valence-corrected chi connectivity index (χ0v) is 18.0. The van der Waals surface area contributed by atoms with E-state index in [1.54, 1.807) is 48.8 Å². The SMILES string of the molecule is CCS(=O)(=O)c1nc2c(N(C)C)cccn2c1-c1nc2cc(C(F)(F)F)cnc2n1C. The summed E-state index contributed by atoms with van der Waals surface area (Å²) >= 11 is 0. The summed E-state index contributed by atoms with van der Waals surface area (Å²) in [7, 11) is 1.40. The zero-order valence-electron chi connectivity index (χ0n) is 17.1. The Labute approximate surface area is 175 Å². The van der Waals surface area contributed by atoms with E-state index >= 15 is 0 Å². The Morgan fingerprint density at radius 2 is 1.87 bits per heavy atom. The number of aryl methyl sites for hydroxylation is 1. The van der Waals surface area contributed by atoms with Gasteiger partial charge in [0.15, 0.2) is 32.0 Å². The van der Waals surface area contributed by atoms with Gasteiger partial charge in [0.05, 0.1) is 17.0 Å². The normalized spacial score (nSPS) is 12.7. The lowest BCUT2D eigenvalue weighted by molar-refractivity contribution is -0.137. The van der Waals surface area contributed by atoms with Crippen molar-refractivity contribution in [3.8, 4) is 11.5 Å². The maximum absolute atomic E-state index is 13.1. The highest BCUT2D eigenvalue weighted by atomic mass is 32.2. The number of hydrogen-bond acceptors (Lipinski definition) is 6. The molecule has 0 aliphatic carbocycles. The fourth-order valence-corrected chi connectivity index (χ4v) is 4.36. The van der Waals surface area contributed by atoms with Crippen molar-refractivity contribution in [1.82, 2.24) is 23.9 Å². The molecule has 4 rings (SSSR count). The first-order valence-electron chi connectivity index (χ1n) is 9.27. The lowest BCUT2D eigenvalue weighted by Crippen LogP contribution is -2.10. The molecule has 0 saturated heterocycles. The van der Waals surface area contributed by atoms with Crippen molar-refractivity contribution >= 4 is 32.3 Å². The molecule has 12 heteroatoms. The molecule has 0 bridgehead atoms. The van der Waals surface area contributed by atoms with Gasteiger partial charge in [0.1, 0.15) is 11.2 Å². The lowest BCUT2D eigenvalue weighted by Gasteiger charge is -2.13. The summed E-state index contributed by atoms with van der Waals surface area (Å²) in [6.45, 7) is 1.50. The second-order valence-electron chi connectivity index (χ2n) is 7.21. The van der Waals surface area contributed by atoms with Crippen molar-refractivity contribution in [2.24, 2.45) is 7.05 Å². The minimum atomic E-state index is -4.57. The summed E-state index contributed by atoms with van der Waals surface area (Å²) in [5.41, 5.74) is 0.518. The molecular formula is C19H19F3N6O2S. The molecule has 164 valence electrons. The molecule has 0 spiro atoms. The third kappa shape index (κ3) is 3.30. The van der Waals surface area contributed by atoms with E-state index in [0.717, 1.165) is 12.3 Å². The predicted octanol–water partition coefficient (Wildman–Crippen LogP) is 3.16. The first-order chi connectivity index (χ1) is 14.5. The van der Waals surface area contributed by atoms with Crippen LogP contribution in [0.5, 0.6) is 0 Å². The molecule has 4 aromatic heterocycles. The number of alkyl halides is 3. The fourth-order valence-electron chi connectivity index (χ4n) is 3.38. The Bertz CT molecular complexity index is 1420. The van der Waals surface area contributed by atoms with Crippen LogP contribution < -0.4 is 4.90 Å². The average molecular weight is 452 g/mol. The number of hydrogen-bond donors (Lipinski definition) is 0. The number of rotatable bonds is 4. The van der Waals surface area contributed by atoms with Gasteiger partial charge in [-0.05, 0) is 18.2 Å². The van der Waals surface area contributed by atoms with Crippen LogP contribution in [-0.4, -0.2) is 52.2 Å². The number of nitrogens with zero attached hydrogens (tertiary/aromatic N) is 6. The van der Waals surface area contributed by atoms with Gasteiger partial charge < -0.3 is 9.47 Å². The Morgan fingerprint density at radius 3 is 2.48 bits per heavy atom.